The Kier molecular flexibility index (Phi) is 4.59. The first kappa shape index (κ1) is 12.9. The van der Waals surface area contributed by atoms with Crippen LogP contribution in [-0.4, -0.2) is 17.3 Å². The fourth-order valence-electron chi connectivity index (χ4n) is 1.90. The standard InChI is InChI=1S/C16H16OS/c1-18-15(12-13-8-4-2-5-9-13)16(17)14-10-6-3-7-11-14/h2-11,15H,12H2,1H3. The molecule has 2 aromatic carbocycles. The van der Waals surface area contributed by atoms with E-state index in [-0.39, 0.29) is 11.0 Å². The Bertz CT molecular complexity index is 493. The maximum atomic E-state index is 12.4. The van der Waals surface area contributed by atoms with Crippen molar-refractivity contribution in [2.75, 3.05) is 6.26 Å². The summed E-state index contributed by atoms with van der Waals surface area (Å²) in [5.41, 5.74) is 2.01. The Morgan fingerprint density at radius 1 is 1.00 bits per heavy atom. The normalized spacial score (nSPS) is 12.1. The second kappa shape index (κ2) is 6.41. The second-order valence-electron chi connectivity index (χ2n) is 4.14. The van der Waals surface area contributed by atoms with Gasteiger partial charge in [0.15, 0.2) is 5.78 Å². The number of thioether (sulfide) groups is 1. The van der Waals surface area contributed by atoms with Crippen molar-refractivity contribution in [1.82, 2.24) is 0 Å². The number of hydrogen-bond acceptors (Lipinski definition) is 2. The summed E-state index contributed by atoms with van der Waals surface area (Å²) in [4.78, 5) is 12.4. The number of hydrogen-bond donors (Lipinski definition) is 0. The molecule has 0 fully saturated rings. The van der Waals surface area contributed by atoms with Gasteiger partial charge in [0, 0.05) is 5.56 Å². The summed E-state index contributed by atoms with van der Waals surface area (Å²) < 4.78 is 0. The lowest BCUT2D eigenvalue weighted by molar-refractivity contribution is 0.0989. The van der Waals surface area contributed by atoms with Gasteiger partial charge in [0.2, 0.25) is 0 Å². The Hall–Kier alpha value is -1.54. The highest BCUT2D eigenvalue weighted by Gasteiger charge is 2.18. The third kappa shape index (κ3) is 3.23. The first-order valence-corrected chi connectivity index (χ1v) is 7.26. The van der Waals surface area contributed by atoms with Crippen LogP contribution in [0, 0.1) is 0 Å². The van der Waals surface area contributed by atoms with Gasteiger partial charge in [0.1, 0.15) is 0 Å². The van der Waals surface area contributed by atoms with Crippen LogP contribution in [0.5, 0.6) is 0 Å². The number of rotatable bonds is 5. The van der Waals surface area contributed by atoms with Crippen molar-refractivity contribution in [1.29, 1.82) is 0 Å². The van der Waals surface area contributed by atoms with Crippen LogP contribution in [-0.2, 0) is 6.42 Å². The molecule has 1 atom stereocenters. The summed E-state index contributed by atoms with van der Waals surface area (Å²) in [5.74, 6) is 0.215. The summed E-state index contributed by atoms with van der Waals surface area (Å²) in [5, 5.41) is -0.00481. The van der Waals surface area contributed by atoms with Crippen LogP contribution in [0.25, 0.3) is 0 Å². The predicted molar refractivity (Wildman–Crippen MR) is 78.2 cm³/mol. The van der Waals surface area contributed by atoms with Crippen LogP contribution >= 0.6 is 11.8 Å². The number of carbonyl (C=O) groups is 1. The van der Waals surface area contributed by atoms with E-state index in [1.165, 1.54) is 5.56 Å². The minimum atomic E-state index is -0.00481. The third-order valence-corrected chi connectivity index (χ3v) is 3.85. The maximum absolute atomic E-state index is 12.4. The van der Waals surface area contributed by atoms with Crippen molar-refractivity contribution >= 4 is 17.5 Å². The lowest BCUT2D eigenvalue weighted by Gasteiger charge is -2.13. The van der Waals surface area contributed by atoms with Crippen LogP contribution in [0.1, 0.15) is 15.9 Å². The highest BCUT2D eigenvalue weighted by molar-refractivity contribution is 7.99. The molecular weight excluding hydrogens is 240 g/mol. The van der Waals surface area contributed by atoms with Crippen LogP contribution in [0.15, 0.2) is 60.7 Å². The summed E-state index contributed by atoms with van der Waals surface area (Å²) in [6, 6.07) is 19.7. The summed E-state index contributed by atoms with van der Waals surface area (Å²) in [6.07, 6.45) is 2.78. The molecule has 2 aromatic rings. The van der Waals surface area contributed by atoms with Crippen molar-refractivity contribution in [3.8, 4) is 0 Å². The number of Topliss-reactive ketones (excluding diaryl/α,β-unsaturated/α-hetero) is 1. The maximum Gasteiger partial charge on any atom is 0.176 e. The molecule has 0 saturated heterocycles. The van der Waals surface area contributed by atoms with E-state index < -0.39 is 0 Å². The average Bonchev–Trinajstić information content (AvgIpc) is 2.46. The zero-order valence-electron chi connectivity index (χ0n) is 10.4. The van der Waals surface area contributed by atoms with Gasteiger partial charge in [-0.05, 0) is 18.2 Å². The van der Waals surface area contributed by atoms with E-state index in [1.807, 2.05) is 54.8 Å². The van der Waals surface area contributed by atoms with Gasteiger partial charge in [-0.15, -0.1) is 0 Å². The van der Waals surface area contributed by atoms with Gasteiger partial charge in [-0.25, -0.2) is 0 Å². The molecule has 1 nitrogen and oxygen atoms in total. The smallest absolute Gasteiger partial charge is 0.176 e. The Balaban J connectivity index is 2.12. The third-order valence-electron chi connectivity index (χ3n) is 2.90. The van der Waals surface area contributed by atoms with E-state index in [9.17, 15) is 4.79 Å². The average molecular weight is 256 g/mol. The van der Waals surface area contributed by atoms with E-state index in [2.05, 4.69) is 12.1 Å². The number of ketones is 1. The first-order valence-electron chi connectivity index (χ1n) is 5.97. The van der Waals surface area contributed by atoms with Crippen molar-refractivity contribution in [3.63, 3.8) is 0 Å². The zero-order valence-corrected chi connectivity index (χ0v) is 11.2. The summed E-state index contributed by atoms with van der Waals surface area (Å²) >= 11 is 1.62. The fraction of sp³-hybridized carbons (Fsp3) is 0.188. The molecule has 1 unspecified atom stereocenters. The lowest BCUT2D eigenvalue weighted by Crippen LogP contribution is -2.19. The van der Waals surface area contributed by atoms with E-state index in [4.69, 9.17) is 0 Å². The monoisotopic (exact) mass is 256 g/mol. The Labute approximate surface area is 112 Å². The molecule has 0 spiro atoms. The quantitative estimate of drug-likeness (QED) is 0.756. The molecule has 0 bridgehead atoms. The van der Waals surface area contributed by atoms with Crippen LogP contribution in [0.4, 0.5) is 0 Å². The molecule has 0 saturated carbocycles. The van der Waals surface area contributed by atoms with Gasteiger partial charge in [-0.3, -0.25) is 4.79 Å². The Morgan fingerprint density at radius 2 is 1.56 bits per heavy atom. The summed E-state index contributed by atoms with van der Waals surface area (Å²) in [6.45, 7) is 0. The van der Waals surface area contributed by atoms with Crippen LogP contribution in [0.3, 0.4) is 0 Å². The molecule has 0 aliphatic carbocycles. The van der Waals surface area contributed by atoms with Gasteiger partial charge >= 0.3 is 0 Å². The number of carbonyl (C=O) groups excluding carboxylic acids is 1. The predicted octanol–water partition coefficient (Wildman–Crippen LogP) is 3.84. The van der Waals surface area contributed by atoms with Crippen molar-refractivity contribution in [3.05, 3.63) is 71.8 Å². The van der Waals surface area contributed by atoms with Crippen molar-refractivity contribution < 1.29 is 4.79 Å². The molecule has 92 valence electrons. The van der Waals surface area contributed by atoms with Crippen molar-refractivity contribution in [2.24, 2.45) is 0 Å². The number of benzene rings is 2. The minimum absolute atomic E-state index is 0.00481. The minimum Gasteiger partial charge on any atom is -0.293 e. The van der Waals surface area contributed by atoms with Gasteiger partial charge < -0.3 is 0 Å². The lowest BCUT2D eigenvalue weighted by atomic mass is 10.0. The van der Waals surface area contributed by atoms with E-state index >= 15 is 0 Å². The van der Waals surface area contributed by atoms with E-state index in [0.29, 0.717) is 0 Å². The molecule has 2 heteroatoms. The molecule has 0 radical (unpaired) electrons. The molecule has 0 heterocycles. The van der Waals surface area contributed by atoms with Gasteiger partial charge in [0.25, 0.3) is 0 Å². The van der Waals surface area contributed by atoms with Gasteiger partial charge in [-0.1, -0.05) is 60.7 Å². The molecule has 0 aromatic heterocycles. The summed E-state index contributed by atoms with van der Waals surface area (Å²) in [7, 11) is 0. The molecule has 0 N–H and O–H groups in total. The fourth-order valence-corrected chi connectivity index (χ4v) is 2.61. The topological polar surface area (TPSA) is 17.1 Å². The zero-order chi connectivity index (χ0) is 12.8. The molecule has 0 amide bonds. The largest absolute Gasteiger partial charge is 0.293 e. The second-order valence-corrected chi connectivity index (χ2v) is 5.18. The molecule has 18 heavy (non-hydrogen) atoms. The van der Waals surface area contributed by atoms with E-state index in [1.54, 1.807) is 11.8 Å². The molecule has 2 rings (SSSR count). The van der Waals surface area contributed by atoms with Gasteiger partial charge in [0.05, 0.1) is 5.25 Å². The van der Waals surface area contributed by atoms with Crippen molar-refractivity contribution in [2.45, 2.75) is 11.7 Å². The SMILES string of the molecule is CSC(Cc1ccccc1)C(=O)c1ccccc1. The first-order chi connectivity index (χ1) is 8.81. The van der Waals surface area contributed by atoms with Crippen LogP contribution in [0.2, 0.25) is 0 Å². The molecule has 0 aliphatic heterocycles. The molecule has 0 aliphatic rings. The highest BCUT2D eigenvalue weighted by Crippen LogP contribution is 2.18. The highest BCUT2D eigenvalue weighted by atomic mass is 32.2. The van der Waals surface area contributed by atoms with E-state index in [0.717, 1.165) is 12.0 Å². The molecular formula is C16H16OS. The van der Waals surface area contributed by atoms with Crippen LogP contribution < -0.4 is 0 Å². The van der Waals surface area contributed by atoms with Gasteiger partial charge in [-0.2, -0.15) is 11.8 Å². The Morgan fingerprint density at radius 3 is 2.11 bits per heavy atom.